The monoisotopic (exact) mass is 243 g/mol. The Morgan fingerprint density at radius 2 is 1.76 bits per heavy atom. The maximum atomic E-state index is 12.4. The molecule has 4 heteroatoms. The molecule has 1 heterocycles. The average molecular weight is 243 g/mol. The SMILES string of the molecule is CC1CC(c2ccc(C(F)(F)F)cc2)CN1C. The summed E-state index contributed by atoms with van der Waals surface area (Å²) in [6.45, 7) is 3.07. The third kappa shape index (κ3) is 2.63. The van der Waals surface area contributed by atoms with E-state index in [1.54, 1.807) is 12.1 Å². The molecule has 0 aromatic heterocycles. The van der Waals surface area contributed by atoms with Gasteiger partial charge in [0, 0.05) is 12.6 Å². The molecule has 0 bridgehead atoms. The number of alkyl halides is 3. The lowest BCUT2D eigenvalue weighted by Gasteiger charge is -2.13. The van der Waals surface area contributed by atoms with E-state index in [4.69, 9.17) is 0 Å². The van der Waals surface area contributed by atoms with Crippen LogP contribution in [0.5, 0.6) is 0 Å². The Bertz CT molecular complexity index is 373. The molecule has 2 rings (SSSR count). The first-order valence-corrected chi connectivity index (χ1v) is 5.75. The highest BCUT2D eigenvalue weighted by Gasteiger charge is 2.31. The first-order chi connectivity index (χ1) is 7.88. The summed E-state index contributed by atoms with van der Waals surface area (Å²) in [5.41, 5.74) is 0.440. The fourth-order valence-electron chi connectivity index (χ4n) is 2.38. The molecule has 0 aliphatic carbocycles. The van der Waals surface area contributed by atoms with Crippen molar-refractivity contribution in [2.45, 2.75) is 31.5 Å². The van der Waals surface area contributed by atoms with E-state index >= 15 is 0 Å². The second kappa shape index (κ2) is 4.33. The topological polar surface area (TPSA) is 3.24 Å². The predicted molar refractivity (Wildman–Crippen MR) is 60.9 cm³/mol. The van der Waals surface area contributed by atoms with Crippen LogP contribution in [-0.4, -0.2) is 24.5 Å². The maximum absolute atomic E-state index is 12.4. The summed E-state index contributed by atoms with van der Waals surface area (Å²) in [7, 11) is 2.05. The zero-order chi connectivity index (χ0) is 12.6. The van der Waals surface area contributed by atoms with E-state index in [0.717, 1.165) is 18.5 Å². The first-order valence-electron chi connectivity index (χ1n) is 5.75. The smallest absolute Gasteiger partial charge is 0.303 e. The van der Waals surface area contributed by atoms with Gasteiger partial charge in [-0.1, -0.05) is 12.1 Å². The molecule has 2 unspecified atom stereocenters. The molecule has 1 aliphatic rings. The van der Waals surface area contributed by atoms with Crippen LogP contribution in [-0.2, 0) is 6.18 Å². The Balaban J connectivity index is 2.14. The van der Waals surface area contributed by atoms with Crippen molar-refractivity contribution in [1.29, 1.82) is 0 Å². The van der Waals surface area contributed by atoms with Gasteiger partial charge in [0.2, 0.25) is 0 Å². The van der Waals surface area contributed by atoms with Crippen molar-refractivity contribution in [3.8, 4) is 0 Å². The average Bonchev–Trinajstić information content (AvgIpc) is 2.58. The van der Waals surface area contributed by atoms with Crippen LogP contribution in [0.1, 0.15) is 30.4 Å². The minimum absolute atomic E-state index is 0.359. The summed E-state index contributed by atoms with van der Waals surface area (Å²) >= 11 is 0. The van der Waals surface area contributed by atoms with Crippen LogP contribution in [0.3, 0.4) is 0 Å². The molecule has 1 aliphatic heterocycles. The normalized spacial score (nSPS) is 26.4. The lowest BCUT2D eigenvalue weighted by atomic mass is 9.96. The fourth-order valence-corrected chi connectivity index (χ4v) is 2.38. The van der Waals surface area contributed by atoms with Crippen LogP contribution in [0.2, 0.25) is 0 Å². The van der Waals surface area contributed by atoms with Gasteiger partial charge in [-0.15, -0.1) is 0 Å². The number of rotatable bonds is 1. The second-order valence-corrected chi connectivity index (χ2v) is 4.84. The van der Waals surface area contributed by atoms with Gasteiger partial charge >= 0.3 is 6.18 Å². The van der Waals surface area contributed by atoms with Crippen molar-refractivity contribution in [3.05, 3.63) is 35.4 Å². The standard InChI is InChI=1S/C13H16F3N/c1-9-7-11(8-17(9)2)10-3-5-12(6-4-10)13(14,15)16/h3-6,9,11H,7-8H2,1-2H3. The molecule has 0 radical (unpaired) electrons. The van der Waals surface area contributed by atoms with Gasteiger partial charge in [-0.05, 0) is 44.0 Å². The molecule has 0 saturated carbocycles. The zero-order valence-electron chi connectivity index (χ0n) is 9.96. The highest BCUT2D eigenvalue weighted by atomic mass is 19.4. The van der Waals surface area contributed by atoms with E-state index in [-0.39, 0.29) is 0 Å². The number of hydrogen-bond donors (Lipinski definition) is 0. The van der Waals surface area contributed by atoms with Gasteiger partial charge in [-0.3, -0.25) is 0 Å². The summed E-state index contributed by atoms with van der Waals surface area (Å²) < 4.78 is 37.2. The Morgan fingerprint density at radius 3 is 2.18 bits per heavy atom. The Morgan fingerprint density at radius 1 is 1.18 bits per heavy atom. The van der Waals surface area contributed by atoms with E-state index in [0.29, 0.717) is 12.0 Å². The molecule has 1 nitrogen and oxygen atoms in total. The van der Waals surface area contributed by atoms with Crippen molar-refractivity contribution < 1.29 is 13.2 Å². The molecule has 1 aromatic rings. The van der Waals surface area contributed by atoms with Crippen molar-refractivity contribution in [1.82, 2.24) is 4.90 Å². The summed E-state index contributed by atoms with van der Waals surface area (Å²) in [5, 5.41) is 0. The quantitative estimate of drug-likeness (QED) is 0.729. The van der Waals surface area contributed by atoms with Gasteiger partial charge in [0.05, 0.1) is 5.56 Å². The van der Waals surface area contributed by atoms with Crippen LogP contribution in [0.4, 0.5) is 13.2 Å². The molecule has 1 saturated heterocycles. The number of likely N-dealkylation sites (tertiary alicyclic amines) is 1. The van der Waals surface area contributed by atoms with E-state index in [1.807, 2.05) is 0 Å². The van der Waals surface area contributed by atoms with Crippen LogP contribution in [0.15, 0.2) is 24.3 Å². The number of benzene rings is 1. The molecule has 0 spiro atoms. The van der Waals surface area contributed by atoms with Crippen molar-refractivity contribution in [2.75, 3.05) is 13.6 Å². The van der Waals surface area contributed by atoms with Gasteiger partial charge in [0.1, 0.15) is 0 Å². The molecule has 1 fully saturated rings. The Labute approximate surface area is 99.2 Å². The number of likely N-dealkylation sites (N-methyl/N-ethyl adjacent to an activating group) is 1. The molecule has 0 amide bonds. The van der Waals surface area contributed by atoms with Gasteiger partial charge in [0.25, 0.3) is 0 Å². The van der Waals surface area contributed by atoms with E-state index in [1.165, 1.54) is 12.1 Å². The summed E-state index contributed by atoms with van der Waals surface area (Å²) in [5.74, 6) is 0.359. The first kappa shape index (κ1) is 12.4. The third-order valence-electron chi connectivity index (χ3n) is 3.60. The van der Waals surface area contributed by atoms with Crippen LogP contribution >= 0.6 is 0 Å². The van der Waals surface area contributed by atoms with E-state index in [9.17, 15) is 13.2 Å². The molecular formula is C13H16F3N. The number of nitrogens with zero attached hydrogens (tertiary/aromatic N) is 1. The summed E-state index contributed by atoms with van der Waals surface area (Å²) in [6.07, 6.45) is -3.22. The van der Waals surface area contributed by atoms with E-state index in [2.05, 4.69) is 18.9 Å². The van der Waals surface area contributed by atoms with Gasteiger partial charge < -0.3 is 4.90 Å². The van der Waals surface area contributed by atoms with Gasteiger partial charge in [-0.2, -0.15) is 13.2 Å². The fraction of sp³-hybridized carbons (Fsp3) is 0.538. The van der Waals surface area contributed by atoms with Crippen LogP contribution in [0, 0.1) is 0 Å². The Kier molecular flexibility index (Phi) is 3.17. The van der Waals surface area contributed by atoms with E-state index < -0.39 is 11.7 Å². The molecule has 17 heavy (non-hydrogen) atoms. The van der Waals surface area contributed by atoms with Crippen LogP contribution in [0.25, 0.3) is 0 Å². The summed E-state index contributed by atoms with van der Waals surface area (Å²) in [4.78, 5) is 2.24. The highest BCUT2D eigenvalue weighted by molar-refractivity contribution is 5.28. The lowest BCUT2D eigenvalue weighted by molar-refractivity contribution is -0.137. The molecule has 94 valence electrons. The minimum atomic E-state index is -4.24. The second-order valence-electron chi connectivity index (χ2n) is 4.84. The van der Waals surface area contributed by atoms with Crippen molar-refractivity contribution in [2.24, 2.45) is 0 Å². The molecule has 1 aromatic carbocycles. The molecular weight excluding hydrogens is 227 g/mol. The largest absolute Gasteiger partial charge is 0.416 e. The molecule has 2 atom stereocenters. The van der Waals surface area contributed by atoms with Crippen molar-refractivity contribution in [3.63, 3.8) is 0 Å². The maximum Gasteiger partial charge on any atom is 0.416 e. The van der Waals surface area contributed by atoms with Crippen molar-refractivity contribution >= 4 is 0 Å². The number of hydrogen-bond acceptors (Lipinski definition) is 1. The highest BCUT2D eigenvalue weighted by Crippen LogP contribution is 2.33. The third-order valence-corrected chi connectivity index (χ3v) is 3.60. The van der Waals surface area contributed by atoms with Crippen LogP contribution < -0.4 is 0 Å². The Hall–Kier alpha value is -1.03. The zero-order valence-corrected chi connectivity index (χ0v) is 9.96. The summed E-state index contributed by atoms with van der Waals surface area (Å²) in [6, 6.07) is 6.08. The minimum Gasteiger partial charge on any atom is -0.303 e. The lowest BCUT2D eigenvalue weighted by Crippen LogP contribution is -2.21. The molecule has 0 N–H and O–H groups in total. The predicted octanol–water partition coefficient (Wildman–Crippen LogP) is 3.51. The number of halogens is 3. The van der Waals surface area contributed by atoms with Gasteiger partial charge in [0.15, 0.2) is 0 Å². The van der Waals surface area contributed by atoms with Gasteiger partial charge in [-0.25, -0.2) is 0 Å².